The molecule has 0 aliphatic carbocycles. The lowest BCUT2D eigenvalue weighted by Crippen LogP contribution is -1.95. The summed E-state index contributed by atoms with van der Waals surface area (Å²) in [6.45, 7) is 4.46. The molecule has 0 spiro atoms. The minimum atomic E-state index is 0.644. The number of para-hydroxylation sites is 2. The Balaban J connectivity index is 1.98. The zero-order chi connectivity index (χ0) is 16.9. The molecule has 5 heteroatoms. The van der Waals surface area contributed by atoms with Crippen molar-refractivity contribution in [3.8, 4) is 11.5 Å². The molecule has 0 aliphatic heterocycles. The van der Waals surface area contributed by atoms with Gasteiger partial charge in [0.25, 0.3) is 0 Å². The largest absolute Gasteiger partial charge is 0.493 e. The van der Waals surface area contributed by atoms with Crippen LogP contribution in [0, 0.1) is 0 Å². The van der Waals surface area contributed by atoms with Gasteiger partial charge in [0.1, 0.15) is 0 Å². The Morgan fingerprint density at radius 3 is 2.67 bits per heavy atom. The number of aromatic nitrogens is 2. The van der Waals surface area contributed by atoms with Crippen molar-refractivity contribution >= 4 is 23.2 Å². The van der Waals surface area contributed by atoms with Crippen LogP contribution in [0.5, 0.6) is 11.5 Å². The topological polar surface area (TPSA) is 48.6 Å². The van der Waals surface area contributed by atoms with E-state index in [-0.39, 0.29) is 0 Å². The maximum Gasteiger partial charge on any atom is 0.230 e. The average Bonchev–Trinajstić information content (AvgIpc) is 2.98. The standard InChI is InChI=1S/C19H19N3O2/c1-4-11-22-16-8-6-5-7-15(16)21-19(22)20-13-14-9-10-17(23-2)18(12-14)24-3/h4-10,12-13H,1,11H2,2-3H3/b20-13+. The second-order valence-electron chi connectivity index (χ2n) is 5.17. The van der Waals surface area contributed by atoms with E-state index in [9.17, 15) is 0 Å². The maximum absolute atomic E-state index is 5.32. The van der Waals surface area contributed by atoms with Crippen LogP contribution in [0.25, 0.3) is 11.0 Å². The molecule has 0 amide bonds. The van der Waals surface area contributed by atoms with Crippen molar-refractivity contribution in [3.05, 3.63) is 60.7 Å². The number of ether oxygens (including phenoxy) is 2. The fourth-order valence-electron chi connectivity index (χ4n) is 2.54. The van der Waals surface area contributed by atoms with Crippen molar-refractivity contribution in [1.82, 2.24) is 9.55 Å². The molecule has 0 saturated carbocycles. The van der Waals surface area contributed by atoms with E-state index < -0.39 is 0 Å². The number of methoxy groups -OCH3 is 2. The first kappa shape index (κ1) is 15.8. The molecule has 0 N–H and O–H groups in total. The molecule has 0 saturated heterocycles. The number of benzene rings is 2. The summed E-state index contributed by atoms with van der Waals surface area (Å²) in [5.41, 5.74) is 2.86. The number of rotatable bonds is 6. The molecule has 1 heterocycles. The van der Waals surface area contributed by atoms with Crippen molar-refractivity contribution in [2.24, 2.45) is 4.99 Å². The van der Waals surface area contributed by atoms with Crippen LogP contribution >= 0.6 is 0 Å². The number of fused-ring (bicyclic) bond motifs is 1. The Hall–Kier alpha value is -3.08. The van der Waals surface area contributed by atoms with Crippen LogP contribution in [0.3, 0.4) is 0 Å². The molecule has 3 rings (SSSR count). The number of aliphatic imine (C=N–C) groups is 1. The van der Waals surface area contributed by atoms with Gasteiger partial charge >= 0.3 is 0 Å². The third-order valence-corrected chi connectivity index (χ3v) is 3.68. The highest BCUT2D eigenvalue weighted by Gasteiger charge is 2.08. The quantitative estimate of drug-likeness (QED) is 0.509. The molecule has 0 aliphatic rings. The number of hydrogen-bond acceptors (Lipinski definition) is 4. The molecule has 0 bridgehead atoms. The first-order valence-electron chi connectivity index (χ1n) is 7.59. The molecule has 2 aromatic carbocycles. The number of nitrogens with zero attached hydrogens (tertiary/aromatic N) is 3. The summed E-state index contributed by atoms with van der Waals surface area (Å²) < 4.78 is 12.6. The Kier molecular flexibility index (Phi) is 4.61. The minimum Gasteiger partial charge on any atom is -0.493 e. The number of hydrogen-bond donors (Lipinski definition) is 0. The molecule has 5 nitrogen and oxygen atoms in total. The predicted molar refractivity (Wildman–Crippen MR) is 96.7 cm³/mol. The van der Waals surface area contributed by atoms with Gasteiger partial charge in [0, 0.05) is 12.8 Å². The Bertz CT molecular complexity index is 897. The highest BCUT2D eigenvalue weighted by Crippen LogP contribution is 2.27. The number of imidazole rings is 1. The Morgan fingerprint density at radius 2 is 1.92 bits per heavy atom. The van der Waals surface area contributed by atoms with Gasteiger partial charge in [-0.2, -0.15) is 0 Å². The van der Waals surface area contributed by atoms with Crippen molar-refractivity contribution in [3.63, 3.8) is 0 Å². The second kappa shape index (κ2) is 7.00. The monoisotopic (exact) mass is 321 g/mol. The van der Waals surface area contributed by atoms with Gasteiger partial charge in [-0.05, 0) is 35.9 Å². The van der Waals surface area contributed by atoms with Gasteiger partial charge in [-0.15, -0.1) is 6.58 Å². The van der Waals surface area contributed by atoms with Crippen LogP contribution < -0.4 is 9.47 Å². The molecule has 0 unspecified atom stereocenters. The zero-order valence-electron chi connectivity index (χ0n) is 13.8. The SMILES string of the molecule is C=CCn1c(/N=C/c2ccc(OC)c(OC)c2)nc2ccccc21. The van der Waals surface area contributed by atoms with Gasteiger partial charge in [-0.25, -0.2) is 9.98 Å². The van der Waals surface area contributed by atoms with E-state index in [1.54, 1.807) is 20.4 Å². The van der Waals surface area contributed by atoms with Gasteiger partial charge in [-0.3, -0.25) is 0 Å². The fraction of sp³-hybridized carbons (Fsp3) is 0.158. The lowest BCUT2D eigenvalue weighted by atomic mass is 10.2. The minimum absolute atomic E-state index is 0.644. The van der Waals surface area contributed by atoms with E-state index in [1.807, 2.05) is 53.1 Å². The third kappa shape index (κ3) is 3.01. The van der Waals surface area contributed by atoms with E-state index in [1.165, 1.54) is 0 Å². The Morgan fingerprint density at radius 1 is 1.12 bits per heavy atom. The number of allylic oxidation sites excluding steroid dienone is 1. The summed E-state index contributed by atoms with van der Waals surface area (Å²) in [5, 5.41) is 0. The van der Waals surface area contributed by atoms with E-state index in [4.69, 9.17) is 9.47 Å². The van der Waals surface area contributed by atoms with Gasteiger partial charge in [-0.1, -0.05) is 18.2 Å². The van der Waals surface area contributed by atoms with Crippen molar-refractivity contribution < 1.29 is 9.47 Å². The molecule has 122 valence electrons. The molecular formula is C19H19N3O2. The van der Waals surface area contributed by atoms with Gasteiger partial charge in [0.05, 0.1) is 25.3 Å². The average molecular weight is 321 g/mol. The summed E-state index contributed by atoms with van der Waals surface area (Å²) in [6.07, 6.45) is 3.60. The highest BCUT2D eigenvalue weighted by molar-refractivity contribution is 5.84. The summed E-state index contributed by atoms with van der Waals surface area (Å²) in [6, 6.07) is 13.6. The molecule has 24 heavy (non-hydrogen) atoms. The lowest BCUT2D eigenvalue weighted by Gasteiger charge is -2.07. The van der Waals surface area contributed by atoms with Crippen LogP contribution in [0.15, 0.2) is 60.1 Å². The van der Waals surface area contributed by atoms with Crippen LogP contribution in [0.4, 0.5) is 5.95 Å². The summed E-state index contributed by atoms with van der Waals surface area (Å²) in [7, 11) is 3.23. The molecule has 0 atom stereocenters. The van der Waals surface area contributed by atoms with E-state index in [2.05, 4.69) is 16.6 Å². The summed E-state index contributed by atoms with van der Waals surface area (Å²) >= 11 is 0. The van der Waals surface area contributed by atoms with Crippen molar-refractivity contribution in [2.75, 3.05) is 14.2 Å². The van der Waals surface area contributed by atoms with Gasteiger partial charge < -0.3 is 14.0 Å². The molecule has 0 radical (unpaired) electrons. The van der Waals surface area contributed by atoms with Crippen LogP contribution in [-0.2, 0) is 6.54 Å². The molecule has 1 aromatic heterocycles. The zero-order valence-corrected chi connectivity index (χ0v) is 13.8. The molecule has 0 fully saturated rings. The van der Waals surface area contributed by atoms with E-state index in [0.717, 1.165) is 16.6 Å². The van der Waals surface area contributed by atoms with Crippen LogP contribution in [0.2, 0.25) is 0 Å². The maximum atomic E-state index is 5.32. The third-order valence-electron chi connectivity index (χ3n) is 3.68. The van der Waals surface area contributed by atoms with Gasteiger partial charge in [0.2, 0.25) is 5.95 Å². The second-order valence-corrected chi connectivity index (χ2v) is 5.17. The van der Waals surface area contributed by atoms with Crippen LogP contribution in [-0.4, -0.2) is 30.0 Å². The molecule has 3 aromatic rings. The van der Waals surface area contributed by atoms with E-state index in [0.29, 0.717) is 24.0 Å². The molecular weight excluding hydrogens is 302 g/mol. The van der Waals surface area contributed by atoms with Crippen molar-refractivity contribution in [2.45, 2.75) is 6.54 Å². The summed E-state index contributed by atoms with van der Waals surface area (Å²) in [4.78, 5) is 9.13. The Labute approximate surface area is 140 Å². The smallest absolute Gasteiger partial charge is 0.230 e. The summed E-state index contributed by atoms with van der Waals surface area (Å²) in [5.74, 6) is 2.00. The first-order chi connectivity index (χ1) is 11.8. The van der Waals surface area contributed by atoms with Crippen molar-refractivity contribution in [1.29, 1.82) is 0 Å². The van der Waals surface area contributed by atoms with Crippen LogP contribution in [0.1, 0.15) is 5.56 Å². The highest BCUT2D eigenvalue weighted by atomic mass is 16.5. The lowest BCUT2D eigenvalue weighted by molar-refractivity contribution is 0.355. The van der Waals surface area contributed by atoms with E-state index >= 15 is 0 Å². The fourth-order valence-corrected chi connectivity index (χ4v) is 2.54. The predicted octanol–water partition coefficient (Wildman–Crippen LogP) is 3.99. The normalized spacial score (nSPS) is 11.1. The van der Waals surface area contributed by atoms with Gasteiger partial charge in [0.15, 0.2) is 11.5 Å². The first-order valence-corrected chi connectivity index (χ1v) is 7.59.